The maximum atomic E-state index is 11.9. The van der Waals surface area contributed by atoms with Crippen LogP contribution in [0.3, 0.4) is 0 Å². The molecule has 0 atom stereocenters. The number of hydrogen-bond donors (Lipinski definition) is 1. The minimum absolute atomic E-state index is 0.0795. The van der Waals surface area contributed by atoms with Crippen LogP contribution in [0.2, 0.25) is 0 Å². The number of Topliss-reactive ketones (excluding diaryl/α,β-unsaturated/α-hetero) is 1. The van der Waals surface area contributed by atoms with Gasteiger partial charge in [-0.15, -0.1) is 0 Å². The third kappa shape index (κ3) is 1.84. The molecule has 0 aromatic heterocycles. The minimum atomic E-state index is -0.142. The second kappa shape index (κ2) is 4.28. The molecule has 16 heavy (non-hydrogen) atoms. The van der Waals surface area contributed by atoms with Gasteiger partial charge in [0, 0.05) is 11.6 Å². The van der Waals surface area contributed by atoms with E-state index in [1.165, 1.54) is 26.2 Å². The van der Waals surface area contributed by atoms with E-state index in [2.05, 4.69) is 0 Å². The third-order valence-electron chi connectivity index (χ3n) is 3.59. The van der Waals surface area contributed by atoms with Crippen LogP contribution in [0.15, 0.2) is 11.3 Å². The Morgan fingerprint density at radius 1 is 1.31 bits per heavy atom. The van der Waals surface area contributed by atoms with Gasteiger partial charge < -0.3 is 10.6 Å². The van der Waals surface area contributed by atoms with Gasteiger partial charge in [0.1, 0.15) is 5.70 Å². The summed E-state index contributed by atoms with van der Waals surface area (Å²) in [6, 6.07) is 0.289. The second-order valence-corrected chi connectivity index (χ2v) is 4.67. The molecular weight excluding hydrogens is 204 g/mol. The molecule has 1 aliphatic carbocycles. The molecular formula is C12H18N2O2. The maximum absolute atomic E-state index is 11.9. The molecule has 0 bridgehead atoms. The van der Waals surface area contributed by atoms with Gasteiger partial charge in [-0.1, -0.05) is 19.3 Å². The number of carbonyl (C=O) groups is 2. The highest BCUT2D eigenvalue weighted by Gasteiger charge is 2.35. The molecule has 4 heteroatoms. The number of hydrogen-bond acceptors (Lipinski definition) is 3. The summed E-state index contributed by atoms with van der Waals surface area (Å²) in [5.74, 6) is -0.221. The van der Waals surface area contributed by atoms with Gasteiger partial charge >= 0.3 is 0 Å². The van der Waals surface area contributed by atoms with Crippen molar-refractivity contribution in [2.75, 3.05) is 6.54 Å². The molecule has 2 aliphatic rings. The van der Waals surface area contributed by atoms with E-state index < -0.39 is 0 Å². The van der Waals surface area contributed by atoms with E-state index in [9.17, 15) is 9.59 Å². The summed E-state index contributed by atoms with van der Waals surface area (Å²) in [6.07, 6.45) is 5.68. The lowest BCUT2D eigenvalue weighted by molar-refractivity contribution is -0.128. The zero-order valence-electron chi connectivity index (χ0n) is 9.66. The van der Waals surface area contributed by atoms with Crippen molar-refractivity contribution in [1.82, 2.24) is 4.90 Å². The van der Waals surface area contributed by atoms with Crippen LogP contribution >= 0.6 is 0 Å². The molecule has 0 spiro atoms. The van der Waals surface area contributed by atoms with Gasteiger partial charge in [0.05, 0.1) is 6.54 Å². The summed E-state index contributed by atoms with van der Waals surface area (Å²) < 4.78 is 0. The molecule has 4 nitrogen and oxygen atoms in total. The number of amides is 1. The number of carbonyl (C=O) groups excluding carboxylic acids is 2. The molecule has 1 saturated carbocycles. The number of ketones is 1. The number of nitrogens with two attached hydrogens (primary N) is 1. The van der Waals surface area contributed by atoms with E-state index in [1.54, 1.807) is 4.90 Å². The predicted molar refractivity (Wildman–Crippen MR) is 60.5 cm³/mol. The lowest BCUT2D eigenvalue weighted by atomic mass is 9.94. The van der Waals surface area contributed by atoms with Gasteiger partial charge in [-0.25, -0.2) is 0 Å². The number of nitrogens with zero attached hydrogens (tertiary/aromatic N) is 1. The predicted octanol–water partition coefficient (Wildman–Crippen LogP) is 0.963. The van der Waals surface area contributed by atoms with Crippen LogP contribution in [0, 0.1) is 0 Å². The largest absolute Gasteiger partial charge is 0.394 e. The monoisotopic (exact) mass is 222 g/mol. The van der Waals surface area contributed by atoms with E-state index in [1.807, 2.05) is 0 Å². The molecule has 0 radical (unpaired) electrons. The molecule has 0 saturated heterocycles. The van der Waals surface area contributed by atoms with Crippen molar-refractivity contribution in [1.29, 1.82) is 0 Å². The first-order chi connectivity index (χ1) is 7.61. The Bertz CT molecular complexity index is 354. The molecule has 2 N–H and O–H groups in total. The summed E-state index contributed by atoms with van der Waals surface area (Å²) in [4.78, 5) is 25.0. The quantitative estimate of drug-likeness (QED) is 0.757. The average Bonchev–Trinajstić information content (AvgIpc) is 2.58. The molecule has 1 amide bonds. The molecule has 0 unspecified atom stereocenters. The maximum Gasteiger partial charge on any atom is 0.270 e. The fraction of sp³-hybridized carbons (Fsp3) is 0.667. The molecule has 1 fully saturated rings. The van der Waals surface area contributed by atoms with E-state index in [0.717, 1.165) is 12.8 Å². The van der Waals surface area contributed by atoms with Gasteiger partial charge in [0.15, 0.2) is 5.78 Å². The smallest absolute Gasteiger partial charge is 0.270 e. The zero-order chi connectivity index (χ0) is 11.7. The highest BCUT2D eigenvalue weighted by Crippen LogP contribution is 2.27. The van der Waals surface area contributed by atoms with E-state index in [4.69, 9.17) is 5.73 Å². The summed E-state index contributed by atoms with van der Waals surface area (Å²) >= 11 is 0. The highest BCUT2D eigenvalue weighted by atomic mass is 16.2. The van der Waals surface area contributed by atoms with Gasteiger partial charge in [0.2, 0.25) is 0 Å². The van der Waals surface area contributed by atoms with Gasteiger partial charge in [-0.3, -0.25) is 9.59 Å². The van der Waals surface area contributed by atoms with Gasteiger partial charge in [-0.2, -0.15) is 0 Å². The van der Waals surface area contributed by atoms with E-state index >= 15 is 0 Å². The van der Waals surface area contributed by atoms with Crippen molar-refractivity contribution >= 4 is 11.7 Å². The molecule has 2 rings (SSSR count). The normalized spacial score (nSPS) is 23.1. The molecule has 1 heterocycles. The summed E-state index contributed by atoms with van der Waals surface area (Å²) in [7, 11) is 0. The molecule has 0 aromatic carbocycles. The Morgan fingerprint density at radius 3 is 2.44 bits per heavy atom. The summed E-state index contributed by atoms with van der Waals surface area (Å²) in [5.41, 5.74) is 6.35. The van der Waals surface area contributed by atoms with Crippen molar-refractivity contribution in [2.24, 2.45) is 5.73 Å². The van der Waals surface area contributed by atoms with Crippen molar-refractivity contribution in [3.63, 3.8) is 0 Å². The van der Waals surface area contributed by atoms with Crippen molar-refractivity contribution < 1.29 is 9.59 Å². The topological polar surface area (TPSA) is 63.4 Å². The highest BCUT2D eigenvalue weighted by molar-refractivity contribution is 6.07. The van der Waals surface area contributed by atoms with Gasteiger partial charge in [-0.05, 0) is 19.8 Å². The first-order valence-corrected chi connectivity index (χ1v) is 5.92. The average molecular weight is 222 g/mol. The van der Waals surface area contributed by atoms with Crippen LogP contribution in [-0.4, -0.2) is 29.2 Å². The SMILES string of the molecule is CC(=O)C1=C(N)C(=O)N(C2CCCCC2)C1. The molecule has 1 aliphatic heterocycles. The van der Waals surface area contributed by atoms with Crippen LogP contribution in [0.5, 0.6) is 0 Å². The van der Waals surface area contributed by atoms with Crippen molar-refractivity contribution in [3.8, 4) is 0 Å². The Kier molecular flexibility index (Phi) is 2.99. The standard InChI is InChI=1S/C12H18N2O2/c1-8(15)10-7-14(12(16)11(10)13)9-5-3-2-4-6-9/h9H,2-7,13H2,1H3. The summed E-state index contributed by atoms with van der Waals surface area (Å²) in [6.45, 7) is 1.89. The Labute approximate surface area is 95.5 Å². The fourth-order valence-electron chi connectivity index (χ4n) is 2.60. The van der Waals surface area contributed by atoms with Crippen LogP contribution in [0.4, 0.5) is 0 Å². The fourth-order valence-corrected chi connectivity index (χ4v) is 2.60. The van der Waals surface area contributed by atoms with Crippen LogP contribution in [0.1, 0.15) is 39.0 Å². The minimum Gasteiger partial charge on any atom is -0.394 e. The summed E-state index contributed by atoms with van der Waals surface area (Å²) in [5, 5.41) is 0. The second-order valence-electron chi connectivity index (χ2n) is 4.67. The van der Waals surface area contributed by atoms with Crippen molar-refractivity contribution in [2.45, 2.75) is 45.1 Å². The Hall–Kier alpha value is -1.32. The molecule has 88 valence electrons. The Morgan fingerprint density at radius 2 is 1.94 bits per heavy atom. The zero-order valence-corrected chi connectivity index (χ0v) is 9.66. The number of rotatable bonds is 2. The lowest BCUT2D eigenvalue weighted by Crippen LogP contribution is -2.39. The van der Waals surface area contributed by atoms with Gasteiger partial charge in [0.25, 0.3) is 5.91 Å². The van der Waals surface area contributed by atoms with Crippen molar-refractivity contribution in [3.05, 3.63) is 11.3 Å². The third-order valence-corrected chi connectivity index (χ3v) is 3.59. The molecule has 0 aromatic rings. The van der Waals surface area contributed by atoms with E-state index in [-0.39, 0.29) is 23.4 Å². The lowest BCUT2D eigenvalue weighted by Gasteiger charge is -2.31. The van der Waals surface area contributed by atoms with Crippen LogP contribution in [0.25, 0.3) is 0 Å². The first kappa shape index (κ1) is 11.2. The first-order valence-electron chi connectivity index (χ1n) is 5.92. The van der Waals surface area contributed by atoms with Crippen LogP contribution in [-0.2, 0) is 9.59 Å². The van der Waals surface area contributed by atoms with Crippen LogP contribution < -0.4 is 5.73 Å². The Balaban J connectivity index is 2.11. The van der Waals surface area contributed by atoms with E-state index in [0.29, 0.717) is 12.1 Å².